The Kier molecular flexibility index (Phi) is 6.96. The topological polar surface area (TPSA) is 39.7 Å². The van der Waals surface area contributed by atoms with Crippen molar-refractivity contribution in [2.45, 2.75) is 37.8 Å². The predicted molar refractivity (Wildman–Crippen MR) is 90.3 cm³/mol. The molecular weight excluding hydrogens is 374 g/mol. The summed E-state index contributed by atoms with van der Waals surface area (Å²) in [5.74, 6) is 0.306. The number of guanidine groups is 1. The summed E-state index contributed by atoms with van der Waals surface area (Å²) < 4.78 is 74.3. The highest BCUT2D eigenvalue weighted by Gasteiger charge is 2.30. The van der Waals surface area contributed by atoms with Crippen molar-refractivity contribution in [2.24, 2.45) is 4.99 Å². The quantitative estimate of drug-likeness (QED) is 0.455. The van der Waals surface area contributed by atoms with E-state index in [1.165, 1.54) is 19.2 Å². The molecule has 1 saturated heterocycles. The minimum atomic E-state index is -4.35. The number of halogens is 6. The SMILES string of the molecule is CN=C(NCCC(F)(F)F)NC1CCN(Cc2ccc(C(F)(F)F)cc2)C1. The molecule has 0 aromatic heterocycles. The van der Waals surface area contributed by atoms with E-state index in [1.54, 1.807) is 0 Å². The van der Waals surface area contributed by atoms with Crippen LogP contribution in [0.3, 0.4) is 0 Å². The van der Waals surface area contributed by atoms with Crippen molar-refractivity contribution in [3.05, 3.63) is 35.4 Å². The summed E-state index contributed by atoms with van der Waals surface area (Å²) in [6, 6.07) is 5.06. The number of benzene rings is 1. The largest absolute Gasteiger partial charge is 0.416 e. The van der Waals surface area contributed by atoms with Gasteiger partial charge in [-0.05, 0) is 24.1 Å². The third-order valence-corrected chi connectivity index (χ3v) is 4.23. The first-order valence-electron chi connectivity index (χ1n) is 8.49. The van der Waals surface area contributed by atoms with Crippen LogP contribution in [0.15, 0.2) is 29.3 Å². The van der Waals surface area contributed by atoms with Gasteiger partial charge in [-0.2, -0.15) is 26.3 Å². The van der Waals surface area contributed by atoms with E-state index in [-0.39, 0.29) is 12.6 Å². The molecule has 0 radical (unpaired) electrons. The van der Waals surface area contributed by atoms with Gasteiger partial charge in [0, 0.05) is 39.3 Å². The monoisotopic (exact) mass is 396 g/mol. The number of nitrogens with one attached hydrogen (secondary N) is 2. The summed E-state index contributed by atoms with van der Waals surface area (Å²) in [6.45, 7) is 1.61. The van der Waals surface area contributed by atoms with Gasteiger partial charge in [0.2, 0.25) is 0 Å². The third kappa shape index (κ3) is 7.28. The number of aliphatic imine (C=N–C) groups is 1. The fourth-order valence-corrected chi connectivity index (χ4v) is 2.86. The Morgan fingerprint density at radius 1 is 1.15 bits per heavy atom. The molecule has 1 fully saturated rings. The van der Waals surface area contributed by atoms with Crippen molar-refractivity contribution in [3.63, 3.8) is 0 Å². The van der Waals surface area contributed by atoms with Crippen LogP contribution in [-0.2, 0) is 12.7 Å². The highest BCUT2D eigenvalue weighted by molar-refractivity contribution is 5.80. The molecule has 1 heterocycles. The predicted octanol–water partition coefficient (Wildman–Crippen LogP) is 3.40. The molecule has 0 saturated carbocycles. The van der Waals surface area contributed by atoms with E-state index in [9.17, 15) is 26.3 Å². The van der Waals surface area contributed by atoms with Gasteiger partial charge in [-0.15, -0.1) is 0 Å². The van der Waals surface area contributed by atoms with E-state index in [4.69, 9.17) is 0 Å². The molecule has 2 N–H and O–H groups in total. The first-order chi connectivity index (χ1) is 12.6. The van der Waals surface area contributed by atoms with E-state index in [0.717, 1.165) is 30.7 Å². The summed E-state index contributed by atoms with van der Waals surface area (Å²) in [5, 5.41) is 5.71. The van der Waals surface area contributed by atoms with E-state index >= 15 is 0 Å². The molecule has 0 aliphatic carbocycles. The number of likely N-dealkylation sites (tertiary alicyclic amines) is 1. The van der Waals surface area contributed by atoms with Crippen molar-refractivity contribution in [1.29, 1.82) is 0 Å². The fraction of sp³-hybridized carbons (Fsp3) is 0.588. The molecule has 0 spiro atoms. The maximum Gasteiger partial charge on any atom is 0.416 e. The van der Waals surface area contributed by atoms with Gasteiger partial charge < -0.3 is 10.6 Å². The lowest BCUT2D eigenvalue weighted by Crippen LogP contribution is -2.45. The average molecular weight is 396 g/mol. The number of hydrogen-bond donors (Lipinski definition) is 2. The molecule has 1 atom stereocenters. The first-order valence-corrected chi connectivity index (χ1v) is 8.49. The lowest BCUT2D eigenvalue weighted by molar-refractivity contribution is -0.137. The molecule has 1 unspecified atom stereocenters. The van der Waals surface area contributed by atoms with Gasteiger partial charge >= 0.3 is 12.4 Å². The molecule has 0 bridgehead atoms. The molecule has 1 aromatic rings. The molecule has 10 heteroatoms. The van der Waals surface area contributed by atoms with Crippen LogP contribution in [0.1, 0.15) is 24.0 Å². The van der Waals surface area contributed by atoms with Gasteiger partial charge in [0.15, 0.2) is 5.96 Å². The summed E-state index contributed by atoms with van der Waals surface area (Å²) in [6.07, 6.45) is -8.76. The third-order valence-electron chi connectivity index (χ3n) is 4.23. The second-order valence-electron chi connectivity index (χ2n) is 6.42. The lowest BCUT2D eigenvalue weighted by atomic mass is 10.1. The summed E-state index contributed by atoms with van der Waals surface area (Å²) in [7, 11) is 1.48. The highest BCUT2D eigenvalue weighted by atomic mass is 19.4. The maximum atomic E-state index is 12.6. The van der Waals surface area contributed by atoms with Gasteiger partial charge in [-0.25, -0.2) is 0 Å². The van der Waals surface area contributed by atoms with Crippen molar-refractivity contribution in [3.8, 4) is 0 Å². The van der Waals surface area contributed by atoms with Crippen LogP contribution in [0.2, 0.25) is 0 Å². The van der Waals surface area contributed by atoms with Crippen LogP contribution in [-0.4, -0.2) is 49.8 Å². The number of hydrogen-bond acceptors (Lipinski definition) is 2. The van der Waals surface area contributed by atoms with E-state index in [2.05, 4.69) is 20.5 Å². The fourth-order valence-electron chi connectivity index (χ4n) is 2.86. The Labute approximate surface area is 153 Å². The van der Waals surface area contributed by atoms with Crippen LogP contribution in [0.4, 0.5) is 26.3 Å². The Morgan fingerprint density at radius 3 is 2.37 bits per heavy atom. The Hall–Kier alpha value is -1.97. The smallest absolute Gasteiger partial charge is 0.356 e. The second kappa shape index (κ2) is 8.81. The summed E-state index contributed by atoms with van der Waals surface area (Å²) >= 11 is 0. The molecular formula is C17H22F6N4. The van der Waals surface area contributed by atoms with Crippen LogP contribution in [0.5, 0.6) is 0 Å². The molecule has 1 aromatic carbocycles. The zero-order valence-electron chi connectivity index (χ0n) is 14.8. The van der Waals surface area contributed by atoms with Crippen LogP contribution in [0.25, 0.3) is 0 Å². The van der Waals surface area contributed by atoms with Crippen molar-refractivity contribution in [2.75, 3.05) is 26.7 Å². The molecule has 0 amide bonds. The lowest BCUT2D eigenvalue weighted by Gasteiger charge is -2.19. The average Bonchev–Trinajstić information content (AvgIpc) is 2.99. The molecule has 27 heavy (non-hydrogen) atoms. The zero-order chi connectivity index (χ0) is 20.1. The minimum absolute atomic E-state index is 0.0107. The molecule has 2 rings (SSSR count). The van der Waals surface area contributed by atoms with Gasteiger partial charge in [0.05, 0.1) is 12.0 Å². The highest BCUT2D eigenvalue weighted by Crippen LogP contribution is 2.29. The summed E-state index contributed by atoms with van der Waals surface area (Å²) in [5.41, 5.74) is 0.0947. The van der Waals surface area contributed by atoms with Crippen LogP contribution >= 0.6 is 0 Å². The maximum absolute atomic E-state index is 12.6. The van der Waals surface area contributed by atoms with Crippen LogP contribution < -0.4 is 10.6 Å². The van der Waals surface area contributed by atoms with Crippen molar-refractivity contribution in [1.82, 2.24) is 15.5 Å². The Balaban J connectivity index is 1.79. The van der Waals surface area contributed by atoms with E-state index in [1.807, 2.05) is 0 Å². The zero-order valence-corrected chi connectivity index (χ0v) is 14.8. The number of rotatable bonds is 5. The van der Waals surface area contributed by atoms with Crippen LogP contribution in [0, 0.1) is 0 Å². The van der Waals surface area contributed by atoms with Crippen molar-refractivity contribution >= 4 is 5.96 Å². The minimum Gasteiger partial charge on any atom is -0.356 e. The molecule has 1 aliphatic heterocycles. The normalized spacial score (nSPS) is 19.4. The Morgan fingerprint density at radius 2 is 1.81 bits per heavy atom. The standard InChI is InChI=1S/C17H22F6N4/c1-24-15(25-8-7-16(18,19)20)26-14-6-9-27(11-14)10-12-2-4-13(5-3-12)17(21,22)23/h2-5,14H,6-11H2,1H3,(H2,24,25,26). The molecule has 1 aliphatic rings. The summed E-state index contributed by atoms with van der Waals surface area (Å²) in [4.78, 5) is 5.99. The van der Waals surface area contributed by atoms with Gasteiger partial charge in [0.1, 0.15) is 0 Å². The molecule has 152 valence electrons. The van der Waals surface area contributed by atoms with Gasteiger partial charge in [-0.1, -0.05) is 12.1 Å². The number of nitrogens with zero attached hydrogens (tertiary/aromatic N) is 2. The second-order valence-corrected chi connectivity index (χ2v) is 6.42. The van der Waals surface area contributed by atoms with Crippen molar-refractivity contribution < 1.29 is 26.3 Å². The Bertz CT molecular complexity index is 624. The molecule has 4 nitrogen and oxygen atoms in total. The van der Waals surface area contributed by atoms with E-state index < -0.39 is 24.3 Å². The number of alkyl halides is 6. The van der Waals surface area contributed by atoms with Gasteiger partial charge in [0.25, 0.3) is 0 Å². The van der Waals surface area contributed by atoms with Gasteiger partial charge in [-0.3, -0.25) is 9.89 Å². The van der Waals surface area contributed by atoms with E-state index in [0.29, 0.717) is 19.0 Å². The first kappa shape index (κ1) is 21.3.